The van der Waals surface area contributed by atoms with Crippen molar-refractivity contribution < 1.29 is 0 Å². The largest absolute Gasteiger partial charge is 0.277 e. The van der Waals surface area contributed by atoms with Crippen LogP contribution in [0.2, 0.25) is 0 Å². The Kier molecular flexibility index (Phi) is 1.35. The Morgan fingerprint density at radius 1 is 1.56 bits per heavy atom. The van der Waals surface area contributed by atoms with E-state index in [4.69, 9.17) is 0 Å². The molecule has 0 fully saturated rings. The molecule has 0 radical (unpaired) electrons. The predicted octanol–water partition coefficient (Wildman–Crippen LogP) is 1.13. The smallest absolute Gasteiger partial charge is 0.107 e. The van der Waals surface area contributed by atoms with Crippen LogP contribution in [0.4, 0.5) is 0 Å². The molecule has 0 saturated heterocycles. The molecule has 0 aliphatic carbocycles. The van der Waals surface area contributed by atoms with Crippen LogP contribution < -0.4 is 0 Å². The molecule has 0 unspecified atom stereocenters. The maximum atomic E-state index is 4.44. The summed E-state index contributed by atoms with van der Waals surface area (Å²) < 4.78 is 0. The maximum absolute atomic E-state index is 4.44. The van der Waals surface area contributed by atoms with Crippen molar-refractivity contribution in [3.63, 3.8) is 0 Å². The number of nitrogens with zero attached hydrogens (tertiary/aromatic N) is 2. The second kappa shape index (κ2) is 1.81. The monoisotopic (exact) mass is 126 g/mol. The van der Waals surface area contributed by atoms with Gasteiger partial charge in [-0.25, -0.2) is 0 Å². The molecule has 1 rings (SSSR count). The maximum Gasteiger partial charge on any atom is 0.107 e. The summed E-state index contributed by atoms with van der Waals surface area (Å²) in [4.78, 5) is 6.68. The van der Waals surface area contributed by atoms with Crippen LogP contribution >= 0.6 is 0 Å². The molecule has 52 valence electrons. The Labute approximate surface area is 56.6 Å². The summed E-state index contributed by atoms with van der Waals surface area (Å²) in [7, 11) is 2.10. The van der Waals surface area contributed by atoms with Gasteiger partial charge in [0.25, 0.3) is 0 Å². The Hall–Kier alpha value is -0.370. The van der Waals surface area contributed by atoms with E-state index in [2.05, 4.69) is 37.7 Å². The van der Waals surface area contributed by atoms with E-state index in [1.807, 2.05) is 0 Å². The van der Waals surface area contributed by atoms with Crippen molar-refractivity contribution in [1.29, 1.82) is 0 Å². The van der Waals surface area contributed by atoms with E-state index >= 15 is 0 Å². The van der Waals surface area contributed by atoms with Crippen LogP contribution in [0.15, 0.2) is 4.99 Å². The molecular formula is C7H14N2. The van der Waals surface area contributed by atoms with Gasteiger partial charge < -0.3 is 0 Å². The summed E-state index contributed by atoms with van der Waals surface area (Å²) in [6.45, 7) is 7.35. The predicted molar refractivity (Wildman–Crippen MR) is 39.8 cm³/mol. The van der Waals surface area contributed by atoms with Gasteiger partial charge in [-0.2, -0.15) is 0 Å². The minimum absolute atomic E-state index is 0.0457. The lowest BCUT2D eigenvalue weighted by Crippen LogP contribution is -2.34. The van der Waals surface area contributed by atoms with E-state index in [1.54, 1.807) is 0 Å². The van der Waals surface area contributed by atoms with Crippen LogP contribution in [0.3, 0.4) is 0 Å². The average molecular weight is 126 g/mol. The van der Waals surface area contributed by atoms with E-state index < -0.39 is 0 Å². The SMILES string of the molecule is CC1=NC(C)(C)N(C)C1. The highest BCUT2D eigenvalue weighted by Gasteiger charge is 2.27. The number of hydrogen-bond donors (Lipinski definition) is 0. The van der Waals surface area contributed by atoms with Gasteiger partial charge in [-0.15, -0.1) is 0 Å². The lowest BCUT2D eigenvalue weighted by molar-refractivity contribution is 0.213. The molecule has 1 aliphatic rings. The quantitative estimate of drug-likeness (QED) is 0.475. The van der Waals surface area contributed by atoms with E-state index in [1.165, 1.54) is 5.71 Å². The zero-order valence-electron chi connectivity index (χ0n) is 6.60. The van der Waals surface area contributed by atoms with Crippen LogP contribution in [0.5, 0.6) is 0 Å². The molecule has 0 amide bonds. The van der Waals surface area contributed by atoms with Gasteiger partial charge in [0.1, 0.15) is 5.66 Å². The summed E-state index contributed by atoms with van der Waals surface area (Å²) in [5, 5.41) is 0. The van der Waals surface area contributed by atoms with Crippen LogP contribution in [0.1, 0.15) is 20.8 Å². The van der Waals surface area contributed by atoms with Gasteiger partial charge in [0.15, 0.2) is 0 Å². The topological polar surface area (TPSA) is 15.6 Å². The normalized spacial score (nSPS) is 26.4. The van der Waals surface area contributed by atoms with Gasteiger partial charge in [-0.3, -0.25) is 9.89 Å². The molecule has 1 aliphatic heterocycles. The molecule has 0 spiro atoms. The fourth-order valence-corrected chi connectivity index (χ4v) is 1.12. The van der Waals surface area contributed by atoms with Gasteiger partial charge in [-0.05, 0) is 27.8 Å². The minimum Gasteiger partial charge on any atom is -0.277 e. The molecule has 9 heavy (non-hydrogen) atoms. The number of aliphatic imine (C=N–C) groups is 1. The van der Waals surface area contributed by atoms with Crippen LogP contribution in [0, 0.1) is 0 Å². The zero-order chi connectivity index (χ0) is 7.07. The third-order valence-corrected chi connectivity index (χ3v) is 1.86. The molecule has 1 heterocycles. The molecule has 2 nitrogen and oxygen atoms in total. The summed E-state index contributed by atoms with van der Waals surface area (Å²) in [5.41, 5.74) is 1.28. The molecule has 0 saturated carbocycles. The van der Waals surface area contributed by atoms with E-state index in [9.17, 15) is 0 Å². The van der Waals surface area contributed by atoms with Crippen molar-refractivity contribution in [2.75, 3.05) is 13.6 Å². The lowest BCUT2D eigenvalue weighted by Gasteiger charge is -2.24. The van der Waals surface area contributed by atoms with Gasteiger partial charge in [0, 0.05) is 12.3 Å². The minimum atomic E-state index is 0.0457. The molecular weight excluding hydrogens is 112 g/mol. The lowest BCUT2D eigenvalue weighted by atomic mass is 10.2. The van der Waals surface area contributed by atoms with Crippen molar-refractivity contribution in [3.8, 4) is 0 Å². The molecule has 0 N–H and O–H groups in total. The first-order chi connectivity index (χ1) is 4.02. The fraction of sp³-hybridized carbons (Fsp3) is 0.857. The molecule has 0 bridgehead atoms. The summed E-state index contributed by atoms with van der Waals surface area (Å²) >= 11 is 0. The van der Waals surface area contributed by atoms with Crippen LogP contribution in [-0.2, 0) is 0 Å². The second-order valence-electron chi connectivity index (χ2n) is 3.20. The summed E-state index contributed by atoms with van der Waals surface area (Å²) in [5.74, 6) is 0. The first-order valence-corrected chi connectivity index (χ1v) is 3.29. The number of hydrogen-bond acceptors (Lipinski definition) is 2. The van der Waals surface area contributed by atoms with E-state index in [0.29, 0.717) is 0 Å². The van der Waals surface area contributed by atoms with Crippen molar-refractivity contribution in [2.24, 2.45) is 4.99 Å². The Bertz CT molecular complexity index is 147. The highest BCUT2D eigenvalue weighted by atomic mass is 15.3. The Morgan fingerprint density at radius 3 is 2.22 bits per heavy atom. The average Bonchev–Trinajstić information content (AvgIpc) is 1.79. The van der Waals surface area contributed by atoms with Crippen LogP contribution in [0.25, 0.3) is 0 Å². The van der Waals surface area contributed by atoms with Crippen molar-refractivity contribution in [1.82, 2.24) is 4.90 Å². The molecule has 2 heteroatoms. The highest BCUT2D eigenvalue weighted by Crippen LogP contribution is 2.19. The van der Waals surface area contributed by atoms with Crippen molar-refractivity contribution in [3.05, 3.63) is 0 Å². The van der Waals surface area contributed by atoms with Gasteiger partial charge in [0.05, 0.1) is 0 Å². The Morgan fingerprint density at radius 2 is 2.11 bits per heavy atom. The zero-order valence-corrected chi connectivity index (χ0v) is 6.60. The number of rotatable bonds is 0. The second-order valence-corrected chi connectivity index (χ2v) is 3.20. The van der Waals surface area contributed by atoms with Gasteiger partial charge in [0.2, 0.25) is 0 Å². The van der Waals surface area contributed by atoms with E-state index in [-0.39, 0.29) is 5.66 Å². The third kappa shape index (κ3) is 1.13. The van der Waals surface area contributed by atoms with Crippen molar-refractivity contribution in [2.45, 2.75) is 26.4 Å². The van der Waals surface area contributed by atoms with Gasteiger partial charge >= 0.3 is 0 Å². The van der Waals surface area contributed by atoms with Crippen molar-refractivity contribution >= 4 is 5.71 Å². The molecule has 0 aromatic rings. The third-order valence-electron chi connectivity index (χ3n) is 1.86. The van der Waals surface area contributed by atoms with E-state index in [0.717, 1.165) is 6.54 Å². The standard InChI is InChI=1S/C7H14N2/c1-6-5-9(4)7(2,3)8-6/h5H2,1-4H3. The van der Waals surface area contributed by atoms with Gasteiger partial charge in [-0.1, -0.05) is 0 Å². The Balaban J connectivity index is 2.76. The first kappa shape index (κ1) is 6.75. The molecule has 0 aromatic carbocycles. The molecule has 0 atom stereocenters. The first-order valence-electron chi connectivity index (χ1n) is 3.29. The van der Waals surface area contributed by atoms with Crippen LogP contribution in [-0.4, -0.2) is 29.9 Å². The fourth-order valence-electron chi connectivity index (χ4n) is 1.12. The molecule has 0 aromatic heterocycles. The summed E-state index contributed by atoms with van der Waals surface area (Å²) in [6, 6.07) is 0. The highest BCUT2D eigenvalue weighted by molar-refractivity contribution is 5.85. The summed E-state index contributed by atoms with van der Waals surface area (Å²) in [6.07, 6.45) is 0.